The lowest BCUT2D eigenvalue weighted by Crippen LogP contribution is -2.02. The van der Waals surface area contributed by atoms with Crippen LogP contribution < -0.4 is 0 Å². The number of hydrogen-bond acceptors (Lipinski definition) is 4. The fourth-order valence-corrected chi connectivity index (χ4v) is 1.02. The maximum Gasteiger partial charge on any atom is 0.307 e. The molecule has 0 aliphatic carbocycles. The van der Waals surface area contributed by atoms with Gasteiger partial charge in [-0.1, -0.05) is 0 Å². The van der Waals surface area contributed by atoms with Gasteiger partial charge in [-0.15, -0.1) is 0 Å². The average molecular weight is 196 g/mol. The molecule has 0 radical (unpaired) electrons. The molecular weight excluding hydrogens is 188 g/mol. The largest absolute Gasteiger partial charge is 0.481 e. The molecule has 0 saturated heterocycles. The first-order valence-corrected chi connectivity index (χ1v) is 3.82. The molecule has 0 aliphatic rings. The molecule has 0 atom stereocenters. The van der Waals surface area contributed by atoms with Crippen LogP contribution in [0.25, 0.3) is 0 Å². The van der Waals surface area contributed by atoms with E-state index >= 15 is 0 Å². The number of pyridine rings is 1. The van der Waals surface area contributed by atoms with Gasteiger partial charge in [0.1, 0.15) is 5.69 Å². The summed E-state index contributed by atoms with van der Waals surface area (Å²) in [4.78, 5) is 24.0. The van der Waals surface area contributed by atoms with Crippen molar-refractivity contribution in [3.05, 3.63) is 33.6 Å². The van der Waals surface area contributed by atoms with E-state index in [4.69, 9.17) is 5.11 Å². The van der Waals surface area contributed by atoms with Crippen molar-refractivity contribution in [3.8, 4) is 0 Å². The molecule has 0 aromatic carbocycles. The van der Waals surface area contributed by atoms with Crippen LogP contribution in [0, 0.1) is 17.0 Å². The predicted molar refractivity (Wildman–Crippen MR) is 47.0 cm³/mol. The van der Waals surface area contributed by atoms with E-state index in [0.29, 0.717) is 5.56 Å². The number of carbonyl (C=O) groups is 1. The summed E-state index contributed by atoms with van der Waals surface area (Å²) in [5, 5.41) is 18.9. The second-order valence-corrected chi connectivity index (χ2v) is 2.78. The van der Waals surface area contributed by atoms with Gasteiger partial charge >= 0.3 is 5.97 Å². The van der Waals surface area contributed by atoms with E-state index in [1.165, 1.54) is 19.2 Å². The van der Waals surface area contributed by atoms with Crippen molar-refractivity contribution < 1.29 is 14.8 Å². The van der Waals surface area contributed by atoms with Crippen LogP contribution in [0.1, 0.15) is 11.3 Å². The molecule has 74 valence electrons. The Labute approximate surface area is 79.4 Å². The molecule has 6 heteroatoms. The molecule has 6 nitrogen and oxygen atoms in total. The van der Waals surface area contributed by atoms with Gasteiger partial charge in [0.15, 0.2) is 0 Å². The Morgan fingerprint density at radius 3 is 2.86 bits per heavy atom. The van der Waals surface area contributed by atoms with Crippen molar-refractivity contribution in [2.75, 3.05) is 0 Å². The minimum Gasteiger partial charge on any atom is -0.481 e. The lowest BCUT2D eigenvalue weighted by atomic mass is 10.2. The van der Waals surface area contributed by atoms with Crippen LogP contribution >= 0.6 is 0 Å². The molecule has 14 heavy (non-hydrogen) atoms. The molecule has 0 fully saturated rings. The molecule has 0 aliphatic heterocycles. The fourth-order valence-electron chi connectivity index (χ4n) is 1.02. The smallest absolute Gasteiger partial charge is 0.307 e. The summed E-state index contributed by atoms with van der Waals surface area (Å²) < 4.78 is 0. The Morgan fingerprint density at radius 2 is 2.36 bits per heavy atom. The number of aryl methyl sites for hydroxylation is 1. The zero-order valence-electron chi connectivity index (χ0n) is 7.43. The third-order valence-electron chi connectivity index (χ3n) is 1.67. The Hall–Kier alpha value is -1.98. The Morgan fingerprint density at radius 1 is 1.71 bits per heavy atom. The average Bonchev–Trinajstić information content (AvgIpc) is 2.07. The zero-order chi connectivity index (χ0) is 10.7. The highest BCUT2D eigenvalue weighted by Gasteiger charge is 2.13. The molecule has 1 heterocycles. The highest BCUT2D eigenvalue weighted by Crippen LogP contribution is 2.16. The van der Waals surface area contributed by atoms with Crippen LogP contribution in [0.5, 0.6) is 0 Å². The highest BCUT2D eigenvalue weighted by atomic mass is 16.6. The monoisotopic (exact) mass is 196 g/mol. The summed E-state index contributed by atoms with van der Waals surface area (Å²) in [7, 11) is 0. The first kappa shape index (κ1) is 10.1. The van der Waals surface area contributed by atoms with Crippen LogP contribution in [0.2, 0.25) is 0 Å². The molecule has 1 N–H and O–H groups in total. The van der Waals surface area contributed by atoms with Crippen molar-refractivity contribution in [2.24, 2.45) is 0 Å². The van der Waals surface area contributed by atoms with Gasteiger partial charge in [-0.3, -0.25) is 19.9 Å². The van der Waals surface area contributed by atoms with E-state index in [9.17, 15) is 14.9 Å². The number of nitro groups is 1. The molecule has 1 rings (SSSR count). The van der Waals surface area contributed by atoms with Crippen LogP contribution in [0.3, 0.4) is 0 Å². The van der Waals surface area contributed by atoms with Gasteiger partial charge in [-0.2, -0.15) is 0 Å². The number of rotatable bonds is 3. The normalized spacial score (nSPS) is 9.79. The van der Waals surface area contributed by atoms with Gasteiger partial charge < -0.3 is 5.11 Å². The van der Waals surface area contributed by atoms with Gasteiger partial charge in [-0.25, -0.2) is 0 Å². The third kappa shape index (κ3) is 2.25. The first-order valence-electron chi connectivity index (χ1n) is 3.82. The SMILES string of the molecule is Cc1ncc(CC(=O)O)cc1[N+](=O)[O-]. The standard InChI is InChI=1S/C8H8N2O4/c1-5-7(10(13)14)2-6(4-9-5)3-8(11)12/h2,4H,3H2,1H3,(H,11,12). The third-order valence-corrected chi connectivity index (χ3v) is 1.67. The summed E-state index contributed by atoms with van der Waals surface area (Å²) in [6, 6.07) is 1.23. The van der Waals surface area contributed by atoms with Crippen LogP contribution in [0.4, 0.5) is 5.69 Å². The Balaban J connectivity index is 3.06. The number of aliphatic carboxylic acids is 1. The quantitative estimate of drug-likeness (QED) is 0.573. The van der Waals surface area contributed by atoms with Crippen LogP contribution in [-0.2, 0) is 11.2 Å². The molecule has 0 saturated carbocycles. The number of nitrogens with zero attached hydrogens (tertiary/aromatic N) is 2. The van der Waals surface area contributed by atoms with Crippen molar-refractivity contribution in [3.63, 3.8) is 0 Å². The minimum absolute atomic E-state index is 0.149. The van der Waals surface area contributed by atoms with E-state index in [0.717, 1.165) is 0 Å². The topological polar surface area (TPSA) is 93.3 Å². The molecular formula is C8H8N2O4. The van der Waals surface area contributed by atoms with Crippen molar-refractivity contribution in [1.29, 1.82) is 0 Å². The second kappa shape index (κ2) is 3.82. The van der Waals surface area contributed by atoms with E-state index in [1.807, 2.05) is 0 Å². The van der Waals surface area contributed by atoms with Gasteiger partial charge in [0.05, 0.1) is 11.3 Å². The van der Waals surface area contributed by atoms with Crippen LogP contribution in [0.15, 0.2) is 12.3 Å². The van der Waals surface area contributed by atoms with Gasteiger partial charge in [-0.05, 0) is 12.5 Å². The second-order valence-electron chi connectivity index (χ2n) is 2.78. The number of carboxylic acids is 1. The molecule has 1 aromatic heterocycles. The van der Waals surface area contributed by atoms with Gasteiger partial charge in [0, 0.05) is 12.3 Å². The van der Waals surface area contributed by atoms with Gasteiger partial charge in [0.2, 0.25) is 0 Å². The van der Waals surface area contributed by atoms with Crippen LogP contribution in [-0.4, -0.2) is 21.0 Å². The van der Waals surface area contributed by atoms with E-state index in [2.05, 4.69) is 4.98 Å². The summed E-state index contributed by atoms with van der Waals surface area (Å²) in [6.45, 7) is 1.50. The number of carboxylic acid groups (broad SMARTS) is 1. The lowest BCUT2D eigenvalue weighted by molar-refractivity contribution is -0.385. The van der Waals surface area contributed by atoms with Crippen molar-refractivity contribution in [1.82, 2.24) is 4.98 Å². The maximum absolute atomic E-state index is 10.5. The predicted octanol–water partition coefficient (Wildman–Crippen LogP) is 0.925. The molecule has 0 unspecified atom stereocenters. The highest BCUT2D eigenvalue weighted by molar-refractivity contribution is 5.70. The molecule has 0 amide bonds. The maximum atomic E-state index is 10.5. The fraction of sp³-hybridized carbons (Fsp3) is 0.250. The Kier molecular flexibility index (Phi) is 2.76. The minimum atomic E-state index is -1.04. The summed E-state index contributed by atoms with van der Waals surface area (Å²) >= 11 is 0. The lowest BCUT2D eigenvalue weighted by Gasteiger charge is -1.99. The molecule has 1 aromatic rings. The van der Waals surface area contributed by atoms with E-state index < -0.39 is 10.9 Å². The van der Waals surface area contributed by atoms with Gasteiger partial charge in [0.25, 0.3) is 5.69 Å². The number of aromatic nitrogens is 1. The summed E-state index contributed by atoms with van der Waals surface area (Å²) in [5.74, 6) is -1.04. The number of hydrogen-bond donors (Lipinski definition) is 1. The summed E-state index contributed by atoms with van der Waals surface area (Å²) in [5.41, 5.74) is 0.461. The van der Waals surface area contributed by atoms with Crippen molar-refractivity contribution in [2.45, 2.75) is 13.3 Å². The molecule has 0 bridgehead atoms. The van der Waals surface area contributed by atoms with Crippen molar-refractivity contribution >= 4 is 11.7 Å². The Bertz CT molecular complexity index is 389. The zero-order valence-corrected chi connectivity index (χ0v) is 7.43. The van der Waals surface area contributed by atoms with E-state index in [-0.39, 0.29) is 17.8 Å². The summed E-state index contributed by atoms with van der Waals surface area (Å²) in [6.07, 6.45) is 1.07. The first-order chi connectivity index (χ1) is 6.50. The molecule has 0 spiro atoms. The van der Waals surface area contributed by atoms with E-state index in [1.54, 1.807) is 0 Å².